The third kappa shape index (κ3) is 4.03. The van der Waals surface area contributed by atoms with Crippen LogP contribution in [0.2, 0.25) is 0 Å². The highest BCUT2D eigenvalue weighted by atomic mass is 14.7. The first kappa shape index (κ1) is 18.2. The first-order valence-corrected chi connectivity index (χ1v) is 8.72. The molecule has 0 spiro atoms. The van der Waals surface area contributed by atoms with E-state index in [2.05, 4.69) is 76.5 Å². The first-order valence-electron chi connectivity index (χ1n) is 8.72. The van der Waals surface area contributed by atoms with Crippen LogP contribution in [0.25, 0.3) is 5.57 Å². The average Bonchev–Trinajstić information content (AvgIpc) is 2.50. The van der Waals surface area contributed by atoms with Gasteiger partial charge in [-0.25, -0.2) is 0 Å². The molecule has 0 atom stereocenters. The maximum absolute atomic E-state index is 4.61. The van der Waals surface area contributed by atoms with Crippen LogP contribution >= 0.6 is 0 Å². The Morgan fingerprint density at radius 2 is 1.79 bits per heavy atom. The average molecular weight is 319 g/mol. The lowest BCUT2D eigenvalue weighted by molar-refractivity contribution is 0.647. The Hall–Kier alpha value is -2.15. The van der Waals surface area contributed by atoms with Crippen molar-refractivity contribution in [1.82, 2.24) is 0 Å². The molecule has 0 heterocycles. The van der Waals surface area contributed by atoms with Crippen molar-refractivity contribution < 1.29 is 0 Å². The molecule has 24 heavy (non-hydrogen) atoms. The molecule has 0 fully saturated rings. The third-order valence-corrected chi connectivity index (χ3v) is 4.44. The van der Waals surface area contributed by atoms with E-state index in [0.29, 0.717) is 5.92 Å². The molecule has 0 N–H and O–H groups in total. The third-order valence-electron chi connectivity index (χ3n) is 4.44. The molecule has 0 aliphatic rings. The van der Waals surface area contributed by atoms with Gasteiger partial charge in [0.05, 0.1) is 5.69 Å². The molecule has 0 aliphatic heterocycles. The lowest BCUT2D eigenvalue weighted by Gasteiger charge is -2.16. The van der Waals surface area contributed by atoms with Crippen molar-refractivity contribution >= 4 is 17.5 Å². The maximum atomic E-state index is 4.61. The van der Waals surface area contributed by atoms with Gasteiger partial charge in [-0.15, -0.1) is 0 Å². The van der Waals surface area contributed by atoms with Crippen molar-refractivity contribution in [1.29, 1.82) is 0 Å². The van der Waals surface area contributed by atoms with Crippen LogP contribution < -0.4 is 0 Å². The van der Waals surface area contributed by atoms with E-state index in [0.717, 1.165) is 23.2 Å². The van der Waals surface area contributed by atoms with Gasteiger partial charge in [0.1, 0.15) is 0 Å². The summed E-state index contributed by atoms with van der Waals surface area (Å²) in [4.78, 5) is 4.61. The second kappa shape index (κ2) is 7.61. The van der Waals surface area contributed by atoms with E-state index in [-0.39, 0.29) is 0 Å². The molecule has 0 aromatic heterocycles. The number of aryl methyl sites for hydroxylation is 2. The summed E-state index contributed by atoms with van der Waals surface area (Å²) >= 11 is 0. The Kier molecular flexibility index (Phi) is 5.77. The molecule has 1 nitrogen and oxygen atoms in total. The van der Waals surface area contributed by atoms with E-state index in [4.69, 9.17) is 0 Å². The van der Waals surface area contributed by atoms with Crippen molar-refractivity contribution in [2.24, 2.45) is 10.9 Å². The molecule has 0 aliphatic carbocycles. The van der Waals surface area contributed by atoms with E-state index < -0.39 is 0 Å². The second-order valence-electron chi connectivity index (χ2n) is 7.07. The van der Waals surface area contributed by atoms with Gasteiger partial charge < -0.3 is 0 Å². The van der Waals surface area contributed by atoms with E-state index in [1.54, 1.807) is 0 Å². The van der Waals surface area contributed by atoms with Gasteiger partial charge >= 0.3 is 0 Å². The summed E-state index contributed by atoms with van der Waals surface area (Å²) in [6.07, 6.45) is 2.93. The number of nitrogens with zero attached hydrogens (tertiary/aromatic N) is 1. The maximum Gasteiger partial charge on any atom is 0.0706 e. The molecule has 0 saturated heterocycles. The Labute approximate surface area is 147 Å². The van der Waals surface area contributed by atoms with Gasteiger partial charge in [-0.05, 0) is 73.9 Å². The highest BCUT2D eigenvalue weighted by molar-refractivity contribution is 5.86. The monoisotopic (exact) mass is 319 g/mol. The fourth-order valence-corrected chi connectivity index (χ4v) is 3.17. The highest BCUT2D eigenvalue weighted by Crippen LogP contribution is 2.34. The molecule has 2 rings (SSSR count). The lowest BCUT2D eigenvalue weighted by atomic mass is 9.90. The van der Waals surface area contributed by atoms with Gasteiger partial charge in [0, 0.05) is 11.8 Å². The van der Waals surface area contributed by atoms with Gasteiger partial charge in [0.2, 0.25) is 0 Å². The first-order chi connectivity index (χ1) is 11.3. The van der Waals surface area contributed by atoms with Crippen LogP contribution in [0.5, 0.6) is 0 Å². The molecule has 1 heteroatoms. The number of hydrogen-bond acceptors (Lipinski definition) is 1. The molecular weight excluding hydrogens is 290 g/mol. The van der Waals surface area contributed by atoms with Crippen LogP contribution in [-0.4, -0.2) is 6.21 Å². The molecule has 0 radical (unpaired) electrons. The van der Waals surface area contributed by atoms with Crippen molar-refractivity contribution in [2.45, 2.75) is 48.0 Å². The zero-order chi connectivity index (χ0) is 17.9. The zero-order valence-electron chi connectivity index (χ0n) is 15.9. The van der Waals surface area contributed by atoms with Crippen molar-refractivity contribution in [3.63, 3.8) is 0 Å². The normalized spacial score (nSPS) is 11.5. The minimum Gasteiger partial charge on any atom is -0.261 e. The number of benzene rings is 2. The molecule has 0 unspecified atom stereocenters. The molecule has 0 bridgehead atoms. The highest BCUT2D eigenvalue weighted by Gasteiger charge is 2.13. The van der Waals surface area contributed by atoms with Crippen LogP contribution in [0.15, 0.2) is 41.9 Å². The van der Waals surface area contributed by atoms with Gasteiger partial charge in [-0.1, -0.05) is 50.3 Å². The number of hydrogen-bond donors (Lipinski definition) is 0. The van der Waals surface area contributed by atoms with E-state index >= 15 is 0 Å². The summed E-state index contributed by atoms with van der Waals surface area (Å²) < 4.78 is 0. The van der Waals surface area contributed by atoms with Gasteiger partial charge in [0.15, 0.2) is 0 Å². The summed E-state index contributed by atoms with van der Waals surface area (Å²) in [5.74, 6) is 0.638. The van der Waals surface area contributed by atoms with Gasteiger partial charge in [-0.2, -0.15) is 0 Å². The lowest BCUT2D eigenvalue weighted by Crippen LogP contribution is -1.97. The van der Waals surface area contributed by atoms with Crippen LogP contribution in [0, 0.1) is 26.7 Å². The summed E-state index contributed by atoms with van der Waals surface area (Å²) in [6, 6.07) is 11.1. The molecule has 2 aromatic rings. The number of aliphatic imine (C=N–C) groups is 1. The van der Waals surface area contributed by atoms with Crippen molar-refractivity contribution in [3.8, 4) is 0 Å². The summed E-state index contributed by atoms with van der Waals surface area (Å²) in [6.45, 7) is 17.3. The van der Waals surface area contributed by atoms with Crippen LogP contribution in [0.1, 0.15) is 54.2 Å². The minimum absolute atomic E-state index is 0.638. The summed E-state index contributed by atoms with van der Waals surface area (Å²) in [7, 11) is 0. The van der Waals surface area contributed by atoms with Crippen LogP contribution in [0.4, 0.5) is 5.69 Å². The molecular formula is C23H29N. The van der Waals surface area contributed by atoms with Crippen LogP contribution in [-0.2, 0) is 6.42 Å². The van der Waals surface area contributed by atoms with E-state index in [1.807, 2.05) is 13.1 Å². The summed E-state index contributed by atoms with van der Waals surface area (Å²) in [5, 5.41) is 0. The Balaban J connectivity index is 2.53. The topological polar surface area (TPSA) is 12.4 Å². The quantitative estimate of drug-likeness (QED) is 0.551. The Morgan fingerprint density at radius 3 is 2.42 bits per heavy atom. The molecule has 0 saturated carbocycles. The standard InChI is InChI=1S/C23H29N/c1-8-24-23-14-20(11-15(2)3)9-10-21(23)19(7)22-13-16(4)12-17(5)18(22)6/h8-10,12-15H,7,11H2,1-6H3/b24-8-. The fourth-order valence-electron chi connectivity index (χ4n) is 3.17. The minimum atomic E-state index is 0.638. The van der Waals surface area contributed by atoms with Crippen molar-refractivity contribution in [3.05, 3.63) is 70.3 Å². The predicted octanol–water partition coefficient (Wildman–Crippen LogP) is 6.59. The van der Waals surface area contributed by atoms with Crippen LogP contribution in [0.3, 0.4) is 0 Å². The molecule has 2 aromatic carbocycles. The number of rotatable bonds is 5. The Bertz CT molecular complexity index is 779. The predicted molar refractivity (Wildman–Crippen MR) is 108 cm³/mol. The largest absolute Gasteiger partial charge is 0.261 e. The Morgan fingerprint density at radius 1 is 1.08 bits per heavy atom. The van der Waals surface area contributed by atoms with E-state index in [9.17, 15) is 0 Å². The molecule has 0 amide bonds. The van der Waals surface area contributed by atoms with E-state index in [1.165, 1.54) is 27.8 Å². The molecule has 126 valence electrons. The zero-order valence-corrected chi connectivity index (χ0v) is 15.9. The fraction of sp³-hybridized carbons (Fsp3) is 0.348. The van der Waals surface area contributed by atoms with Gasteiger partial charge in [-0.3, -0.25) is 4.99 Å². The smallest absolute Gasteiger partial charge is 0.0706 e. The SMILES string of the molecule is C=C(c1ccc(CC(C)C)cc1/N=C\C)c1cc(C)cc(C)c1C. The van der Waals surface area contributed by atoms with Crippen molar-refractivity contribution in [2.75, 3.05) is 0 Å². The van der Waals surface area contributed by atoms with Gasteiger partial charge in [0.25, 0.3) is 0 Å². The second-order valence-corrected chi connectivity index (χ2v) is 7.07. The summed E-state index contributed by atoms with van der Waals surface area (Å²) in [5.41, 5.74) is 9.61.